The molecule has 0 bridgehead atoms. The minimum absolute atomic E-state index is 0.149. The average Bonchev–Trinajstić information content (AvgIpc) is 1.86. The Balaban J connectivity index is 2.55. The highest BCUT2D eigenvalue weighted by Gasteiger charge is 2.32. The van der Waals surface area contributed by atoms with Gasteiger partial charge >= 0.3 is 0 Å². The van der Waals surface area contributed by atoms with Gasteiger partial charge in [-0.05, 0) is 24.3 Å². The van der Waals surface area contributed by atoms with Crippen LogP contribution in [0.4, 0.5) is 0 Å². The molecule has 2 nitrogen and oxygen atoms in total. The lowest BCUT2D eigenvalue weighted by Gasteiger charge is -2.38. The molecular formula is C9H19NO. The van der Waals surface area contributed by atoms with Crippen molar-refractivity contribution in [1.82, 2.24) is 5.32 Å². The van der Waals surface area contributed by atoms with E-state index in [9.17, 15) is 5.11 Å². The van der Waals surface area contributed by atoms with Crippen LogP contribution in [0.25, 0.3) is 0 Å². The van der Waals surface area contributed by atoms with Crippen molar-refractivity contribution in [2.24, 2.45) is 11.3 Å². The predicted molar refractivity (Wildman–Crippen MR) is 46.4 cm³/mol. The maximum Gasteiger partial charge on any atom is 0.0698 e. The molecule has 66 valence electrons. The fourth-order valence-electron chi connectivity index (χ4n) is 1.85. The number of rotatable bonds is 0. The summed E-state index contributed by atoms with van der Waals surface area (Å²) in [6.45, 7) is 8.42. The van der Waals surface area contributed by atoms with Crippen LogP contribution >= 0.6 is 0 Å². The Hall–Kier alpha value is -0.0800. The first-order valence-electron chi connectivity index (χ1n) is 4.40. The molecule has 2 N–H and O–H groups in total. The van der Waals surface area contributed by atoms with E-state index in [0.717, 1.165) is 19.5 Å². The number of aliphatic hydroxyl groups excluding tert-OH is 1. The van der Waals surface area contributed by atoms with Crippen molar-refractivity contribution >= 4 is 0 Å². The highest BCUT2D eigenvalue weighted by molar-refractivity contribution is 4.85. The second-order valence-corrected chi connectivity index (χ2v) is 4.53. The highest BCUT2D eigenvalue weighted by Crippen LogP contribution is 2.32. The predicted octanol–water partition coefficient (Wildman–Crippen LogP) is 1.00. The van der Waals surface area contributed by atoms with Crippen molar-refractivity contribution in [3.8, 4) is 0 Å². The Bertz CT molecular complexity index is 128. The molecule has 0 amide bonds. The molecule has 2 heteroatoms. The Kier molecular flexibility index (Phi) is 2.55. The van der Waals surface area contributed by atoms with E-state index in [4.69, 9.17) is 0 Å². The summed E-state index contributed by atoms with van der Waals surface area (Å²) >= 11 is 0. The maximum absolute atomic E-state index is 9.64. The summed E-state index contributed by atoms with van der Waals surface area (Å²) in [6.07, 6.45) is 0.953. The van der Waals surface area contributed by atoms with Gasteiger partial charge in [-0.2, -0.15) is 0 Å². The van der Waals surface area contributed by atoms with Crippen LogP contribution in [0.2, 0.25) is 0 Å². The lowest BCUT2D eigenvalue weighted by Crippen LogP contribution is -2.45. The largest absolute Gasteiger partial charge is 0.391 e. The third-order valence-electron chi connectivity index (χ3n) is 2.56. The van der Waals surface area contributed by atoms with Gasteiger partial charge in [0, 0.05) is 6.54 Å². The molecule has 0 aliphatic carbocycles. The highest BCUT2D eigenvalue weighted by atomic mass is 16.3. The molecule has 0 saturated carbocycles. The van der Waals surface area contributed by atoms with Gasteiger partial charge in [-0.3, -0.25) is 0 Å². The molecule has 2 atom stereocenters. The quantitative estimate of drug-likeness (QED) is 0.550. The molecule has 1 aliphatic heterocycles. The van der Waals surface area contributed by atoms with Crippen molar-refractivity contribution in [1.29, 1.82) is 0 Å². The van der Waals surface area contributed by atoms with E-state index in [1.807, 2.05) is 0 Å². The van der Waals surface area contributed by atoms with Crippen LogP contribution in [0.15, 0.2) is 0 Å². The molecule has 1 unspecified atom stereocenters. The molecule has 1 heterocycles. The lowest BCUT2D eigenvalue weighted by atomic mass is 9.74. The molecular weight excluding hydrogens is 138 g/mol. The van der Waals surface area contributed by atoms with Crippen LogP contribution in [0, 0.1) is 11.3 Å². The minimum Gasteiger partial charge on any atom is -0.391 e. The van der Waals surface area contributed by atoms with Crippen LogP contribution in [0.5, 0.6) is 0 Å². The number of piperidine rings is 1. The third-order valence-corrected chi connectivity index (χ3v) is 2.56. The Morgan fingerprint density at radius 1 is 1.36 bits per heavy atom. The summed E-state index contributed by atoms with van der Waals surface area (Å²) in [5.41, 5.74) is 0.252. The molecule has 0 aromatic carbocycles. The summed E-state index contributed by atoms with van der Waals surface area (Å²) in [5.74, 6) is 0.462. The minimum atomic E-state index is -0.149. The molecule has 1 rings (SSSR count). The van der Waals surface area contributed by atoms with Crippen LogP contribution < -0.4 is 5.32 Å². The van der Waals surface area contributed by atoms with Crippen LogP contribution in [0.3, 0.4) is 0 Å². The number of hydrogen-bond donors (Lipinski definition) is 2. The van der Waals surface area contributed by atoms with Crippen molar-refractivity contribution in [3.63, 3.8) is 0 Å². The van der Waals surface area contributed by atoms with Gasteiger partial charge in [0.2, 0.25) is 0 Å². The van der Waals surface area contributed by atoms with E-state index >= 15 is 0 Å². The molecule has 1 saturated heterocycles. The van der Waals surface area contributed by atoms with Crippen molar-refractivity contribution in [2.45, 2.75) is 33.3 Å². The molecule has 0 radical (unpaired) electrons. The second-order valence-electron chi connectivity index (χ2n) is 4.53. The summed E-state index contributed by atoms with van der Waals surface area (Å²) in [4.78, 5) is 0. The first kappa shape index (κ1) is 9.01. The van der Waals surface area contributed by atoms with Crippen LogP contribution in [-0.4, -0.2) is 24.3 Å². The van der Waals surface area contributed by atoms with E-state index in [2.05, 4.69) is 26.1 Å². The molecule has 0 aromatic heterocycles. The monoisotopic (exact) mass is 157 g/mol. The summed E-state index contributed by atoms with van der Waals surface area (Å²) < 4.78 is 0. The van der Waals surface area contributed by atoms with Crippen LogP contribution in [0.1, 0.15) is 27.2 Å². The smallest absolute Gasteiger partial charge is 0.0698 e. The fraction of sp³-hybridized carbons (Fsp3) is 1.00. The first-order chi connectivity index (χ1) is 5.02. The zero-order valence-electron chi connectivity index (χ0n) is 7.72. The Morgan fingerprint density at radius 3 is 2.36 bits per heavy atom. The topological polar surface area (TPSA) is 32.3 Å². The standard InChI is InChI=1S/C9H19NO/c1-9(2,3)7-4-5-10-6-8(7)11/h7-8,10-11H,4-6H2,1-3H3/t7?,8-/m0/s1. The molecule has 1 fully saturated rings. The van der Waals surface area contributed by atoms with Crippen molar-refractivity contribution in [2.75, 3.05) is 13.1 Å². The van der Waals surface area contributed by atoms with Crippen LogP contribution in [-0.2, 0) is 0 Å². The van der Waals surface area contributed by atoms with Gasteiger partial charge in [-0.25, -0.2) is 0 Å². The number of β-amino-alcohol motifs (C(OH)–C–C–N with tert-alkyl or cyclic N) is 1. The van der Waals surface area contributed by atoms with Gasteiger partial charge in [0.05, 0.1) is 6.10 Å². The van der Waals surface area contributed by atoms with Gasteiger partial charge < -0.3 is 10.4 Å². The Labute approximate surface area is 69.0 Å². The van der Waals surface area contributed by atoms with E-state index < -0.39 is 0 Å². The van der Waals surface area contributed by atoms with Gasteiger partial charge in [0.25, 0.3) is 0 Å². The molecule has 0 spiro atoms. The zero-order chi connectivity index (χ0) is 8.48. The fourth-order valence-corrected chi connectivity index (χ4v) is 1.85. The lowest BCUT2D eigenvalue weighted by molar-refractivity contribution is 0.0206. The Morgan fingerprint density at radius 2 is 2.00 bits per heavy atom. The summed E-state index contributed by atoms with van der Waals surface area (Å²) in [6, 6.07) is 0. The van der Waals surface area contributed by atoms with Crippen molar-refractivity contribution in [3.05, 3.63) is 0 Å². The van der Waals surface area contributed by atoms with Crippen molar-refractivity contribution < 1.29 is 5.11 Å². The average molecular weight is 157 g/mol. The molecule has 11 heavy (non-hydrogen) atoms. The zero-order valence-corrected chi connectivity index (χ0v) is 7.72. The third kappa shape index (κ3) is 2.17. The molecule has 1 aliphatic rings. The van der Waals surface area contributed by atoms with Gasteiger partial charge in [-0.1, -0.05) is 20.8 Å². The van der Waals surface area contributed by atoms with E-state index in [1.54, 1.807) is 0 Å². The summed E-state index contributed by atoms with van der Waals surface area (Å²) in [7, 11) is 0. The SMILES string of the molecule is CC(C)(C)C1CCNC[C@@H]1O. The van der Waals surface area contributed by atoms with Gasteiger partial charge in [0.15, 0.2) is 0 Å². The van der Waals surface area contributed by atoms with E-state index in [0.29, 0.717) is 5.92 Å². The normalized spacial score (nSPS) is 33.8. The van der Waals surface area contributed by atoms with Gasteiger partial charge in [-0.15, -0.1) is 0 Å². The number of hydrogen-bond acceptors (Lipinski definition) is 2. The molecule has 0 aromatic rings. The van der Waals surface area contributed by atoms with Gasteiger partial charge in [0.1, 0.15) is 0 Å². The number of aliphatic hydroxyl groups is 1. The maximum atomic E-state index is 9.64. The first-order valence-corrected chi connectivity index (χ1v) is 4.40. The second kappa shape index (κ2) is 3.11. The number of nitrogens with one attached hydrogen (secondary N) is 1. The summed E-state index contributed by atoms with van der Waals surface area (Å²) in [5, 5.41) is 12.8. The van der Waals surface area contributed by atoms with E-state index in [1.165, 1.54) is 0 Å². The van der Waals surface area contributed by atoms with E-state index in [-0.39, 0.29) is 11.5 Å².